The van der Waals surface area contributed by atoms with Crippen LogP contribution in [0.1, 0.15) is 55.0 Å². The summed E-state index contributed by atoms with van der Waals surface area (Å²) in [7, 11) is 0. The molecule has 3 saturated carbocycles. The SMILES string of the molecule is NC1(C2(c3scnc3C3CC3)CC2)CC1. The summed E-state index contributed by atoms with van der Waals surface area (Å²) in [6.07, 6.45) is 7.79. The summed E-state index contributed by atoms with van der Waals surface area (Å²) in [5.41, 5.74) is 10.4. The Balaban J connectivity index is 1.79. The lowest BCUT2D eigenvalue weighted by atomic mass is 9.90. The molecule has 0 radical (unpaired) electrons. The lowest BCUT2D eigenvalue weighted by molar-refractivity contribution is 0.506. The van der Waals surface area contributed by atoms with Gasteiger partial charge >= 0.3 is 0 Å². The lowest BCUT2D eigenvalue weighted by Crippen LogP contribution is -2.37. The van der Waals surface area contributed by atoms with Crippen LogP contribution in [0.3, 0.4) is 0 Å². The highest BCUT2D eigenvalue weighted by molar-refractivity contribution is 7.10. The number of aromatic nitrogens is 1. The summed E-state index contributed by atoms with van der Waals surface area (Å²) in [4.78, 5) is 6.15. The zero-order valence-electron chi connectivity index (χ0n) is 8.83. The fraction of sp³-hybridized carbons (Fsp3) is 0.750. The van der Waals surface area contributed by atoms with Gasteiger partial charge in [-0.05, 0) is 38.5 Å². The second-order valence-electron chi connectivity index (χ2n) is 5.58. The van der Waals surface area contributed by atoms with E-state index in [2.05, 4.69) is 4.98 Å². The first-order chi connectivity index (χ1) is 7.25. The summed E-state index contributed by atoms with van der Waals surface area (Å²) in [5, 5.41) is 0. The van der Waals surface area contributed by atoms with Crippen LogP contribution in [0.5, 0.6) is 0 Å². The minimum Gasteiger partial charge on any atom is -0.324 e. The highest BCUT2D eigenvalue weighted by Crippen LogP contribution is 2.66. The average molecular weight is 220 g/mol. The Hall–Kier alpha value is -0.410. The monoisotopic (exact) mass is 220 g/mol. The van der Waals surface area contributed by atoms with Crippen LogP contribution in [0.4, 0.5) is 0 Å². The van der Waals surface area contributed by atoms with E-state index >= 15 is 0 Å². The van der Waals surface area contributed by atoms with Gasteiger partial charge in [0, 0.05) is 21.7 Å². The largest absolute Gasteiger partial charge is 0.324 e. The fourth-order valence-electron chi connectivity index (χ4n) is 2.95. The van der Waals surface area contributed by atoms with Gasteiger partial charge in [0.1, 0.15) is 0 Å². The van der Waals surface area contributed by atoms with Crippen LogP contribution in [0.2, 0.25) is 0 Å². The van der Waals surface area contributed by atoms with Crippen LogP contribution in [-0.2, 0) is 5.41 Å². The predicted molar refractivity (Wildman–Crippen MR) is 61.2 cm³/mol. The third-order valence-electron chi connectivity index (χ3n) is 4.49. The molecule has 1 aromatic heterocycles. The van der Waals surface area contributed by atoms with Gasteiger partial charge in [-0.3, -0.25) is 0 Å². The Morgan fingerprint density at radius 2 is 2.00 bits per heavy atom. The second-order valence-corrected chi connectivity index (χ2v) is 6.43. The number of rotatable bonds is 3. The van der Waals surface area contributed by atoms with Crippen molar-refractivity contribution >= 4 is 11.3 Å². The van der Waals surface area contributed by atoms with Gasteiger partial charge in [0.15, 0.2) is 0 Å². The van der Waals surface area contributed by atoms with Crippen molar-refractivity contribution in [3.05, 3.63) is 16.1 Å². The maximum absolute atomic E-state index is 6.45. The number of nitrogens with two attached hydrogens (primary N) is 1. The van der Waals surface area contributed by atoms with E-state index in [1.54, 1.807) is 4.88 Å². The fourth-order valence-corrected chi connectivity index (χ4v) is 4.19. The van der Waals surface area contributed by atoms with E-state index in [9.17, 15) is 0 Å². The van der Waals surface area contributed by atoms with Crippen molar-refractivity contribution in [3.63, 3.8) is 0 Å². The van der Waals surface area contributed by atoms with Crippen molar-refractivity contribution in [3.8, 4) is 0 Å². The van der Waals surface area contributed by atoms with Gasteiger partial charge in [0.25, 0.3) is 0 Å². The molecule has 0 atom stereocenters. The maximum Gasteiger partial charge on any atom is 0.0798 e. The molecular weight excluding hydrogens is 204 g/mol. The van der Waals surface area contributed by atoms with Crippen LogP contribution < -0.4 is 5.73 Å². The third kappa shape index (κ3) is 1.06. The number of hydrogen-bond donors (Lipinski definition) is 1. The Morgan fingerprint density at radius 1 is 1.27 bits per heavy atom. The van der Waals surface area contributed by atoms with Gasteiger partial charge < -0.3 is 5.73 Å². The molecule has 1 heterocycles. The molecule has 3 aliphatic rings. The summed E-state index contributed by atoms with van der Waals surface area (Å²) < 4.78 is 0. The van der Waals surface area contributed by atoms with E-state index in [1.807, 2.05) is 16.8 Å². The van der Waals surface area contributed by atoms with Crippen molar-refractivity contribution in [2.45, 2.75) is 55.4 Å². The number of nitrogens with zero attached hydrogens (tertiary/aromatic N) is 1. The first-order valence-corrected chi connectivity index (χ1v) is 6.86. The molecule has 80 valence electrons. The predicted octanol–water partition coefficient (Wildman–Crippen LogP) is 2.54. The molecule has 15 heavy (non-hydrogen) atoms. The van der Waals surface area contributed by atoms with Gasteiger partial charge in [-0.2, -0.15) is 0 Å². The summed E-state index contributed by atoms with van der Waals surface area (Å²) in [5.74, 6) is 0.783. The van der Waals surface area contributed by atoms with E-state index in [0.717, 1.165) is 5.92 Å². The van der Waals surface area contributed by atoms with Gasteiger partial charge in [-0.15, -0.1) is 11.3 Å². The summed E-state index contributed by atoms with van der Waals surface area (Å²) in [6.45, 7) is 0. The molecule has 2 nitrogen and oxygen atoms in total. The normalized spacial score (nSPS) is 30.2. The topological polar surface area (TPSA) is 38.9 Å². The smallest absolute Gasteiger partial charge is 0.0798 e. The second kappa shape index (κ2) is 2.46. The first kappa shape index (κ1) is 8.71. The van der Waals surface area contributed by atoms with E-state index in [0.29, 0.717) is 5.41 Å². The molecule has 0 bridgehead atoms. The van der Waals surface area contributed by atoms with Crippen molar-refractivity contribution < 1.29 is 0 Å². The van der Waals surface area contributed by atoms with Crippen molar-refractivity contribution in [2.75, 3.05) is 0 Å². The van der Waals surface area contributed by atoms with E-state index in [1.165, 1.54) is 44.2 Å². The maximum atomic E-state index is 6.45. The van der Waals surface area contributed by atoms with E-state index in [-0.39, 0.29) is 5.54 Å². The molecule has 0 aromatic carbocycles. The molecule has 0 aliphatic heterocycles. The van der Waals surface area contributed by atoms with Crippen LogP contribution in [0.15, 0.2) is 5.51 Å². The third-order valence-corrected chi connectivity index (χ3v) is 5.53. The molecule has 3 fully saturated rings. The van der Waals surface area contributed by atoms with Crippen LogP contribution >= 0.6 is 11.3 Å². The number of hydrogen-bond acceptors (Lipinski definition) is 3. The standard InChI is InChI=1S/C12H16N2S/c13-12(5-6-12)11(3-4-11)10-9(8-1-2-8)14-7-15-10/h7-8H,1-6,13H2. The molecule has 3 heteroatoms. The first-order valence-electron chi connectivity index (χ1n) is 5.98. The van der Waals surface area contributed by atoms with E-state index < -0.39 is 0 Å². The Morgan fingerprint density at radius 3 is 2.53 bits per heavy atom. The van der Waals surface area contributed by atoms with Gasteiger partial charge in [0.2, 0.25) is 0 Å². The summed E-state index contributed by atoms with van der Waals surface area (Å²) in [6, 6.07) is 0. The molecular formula is C12H16N2S. The quantitative estimate of drug-likeness (QED) is 0.850. The van der Waals surface area contributed by atoms with Crippen molar-refractivity contribution in [2.24, 2.45) is 5.73 Å². The average Bonchev–Trinajstić information content (AvgIpc) is 3.06. The highest BCUT2D eigenvalue weighted by atomic mass is 32.1. The van der Waals surface area contributed by atoms with Crippen LogP contribution in [-0.4, -0.2) is 10.5 Å². The molecule has 2 N–H and O–H groups in total. The van der Waals surface area contributed by atoms with Crippen molar-refractivity contribution in [1.29, 1.82) is 0 Å². The molecule has 0 amide bonds. The van der Waals surface area contributed by atoms with Crippen molar-refractivity contribution in [1.82, 2.24) is 4.98 Å². The van der Waals surface area contributed by atoms with Gasteiger partial charge in [-0.1, -0.05) is 0 Å². The van der Waals surface area contributed by atoms with Gasteiger partial charge in [0.05, 0.1) is 11.2 Å². The molecule has 4 rings (SSSR count). The van der Waals surface area contributed by atoms with Crippen LogP contribution in [0.25, 0.3) is 0 Å². The minimum absolute atomic E-state index is 0.156. The zero-order chi connectivity index (χ0) is 10.1. The lowest BCUT2D eigenvalue weighted by Gasteiger charge is -2.22. The Bertz CT molecular complexity index is 411. The Kier molecular flexibility index (Phi) is 1.43. The zero-order valence-corrected chi connectivity index (χ0v) is 9.65. The van der Waals surface area contributed by atoms with Gasteiger partial charge in [-0.25, -0.2) is 4.98 Å². The molecule has 0 unspecified atom stereocenters. The molecule has 0 saturated heterocycles. The molecule has 1 aromatic rings. The minimum atomic E-state index is 0.156. The molecule has 0 spiro atoms. The van der Waals surface area contributed by atoms with E-state index in [4.69, 9.17) is 5.73 Å². The Labute approximate surface area is 93.9 Å². The summed E-state index contributed by atoms with van der Waals surface area (Å²) >= 11 is 1.86. The number of thiazole rings is 1. The molecule has 3 aliphatic carbocycles. The van der Waals surface area contributed by atoms with Crippen LogP contribution in [0, 0.1) is 0 Å². The highest BCUT2D eigenvalue weighted by Gasteiger charge is 2.65.